The predicted molar refractivity (Wildman–Crippen MR) is 106 cm³/mol. The lowest BCUT2D eigenvalue weighted by Crippen LogP contribution is -2.34. The molecule has 0 unspecified atom stereocenters. The van der Waals surface area contributed by atoms with Crippen LogP contribution in [0.1, 0.15) is 42.2 Å². The third-order valence-electron chi connectivity index (χ3n) is 5.29. The van der Waals surface area contributed by atoms with Crippen LogP contribution in [0, 0.1) is 5.92 Å². The molecule has 1 aliphatic carbocycles. The Morgan fingerprint density at radius 1 is 1.04 bits per heavy atom. The SMILES string of the molecule is O=C(C1CCCC1)N1CCS[C@@H]1c1ccc(OCc2ccccc2)cc1. The van der Waals surface area contributed by atoms with E-state index in [2.05, 4.69) is 29.2 Å². The number of rotatable bonds is 5. The third kappa shape index (κ3) is 3.90. The zero-order valence-corrected chi connectivity index (χ0v) is 15.8. The highest BCUT2D eigenvalue weighted by Crippen LogP contribution is 2.40. The van der Waals surface area contributed by atoms with Gasteiger partial charge in [0.25, 0.3) is 0 Å². The Morgan fingerprint density at radius 3 is 2.50 bits per heavy atom. The van der Waals surface area contributed by atoms with Crippen LogP contribution in [0.4, 0.5) is 0 Å². The van der Waals surface area contributed by atoms with Crippen molar-refractivity contribution in [1.29, 1.82) is 0 Å². The second kappa shape index (κ2) is 8.17. The summed E-state index contributed by atoms with van der Waals surface area (Å²) in [6, 6.07) is 18.5. The number of nitrogens with zero attached hydrogens (tertiary/aromatic N) is 1. The fourth-order valence-electron chi connectivity index (χ4n) is 3.85. The van der Waals surface area contributed by atoms with Gasteiger partial charge in [-0.15, -0.1) is 11.8 Å². The molecule has 1 atom stereocenters. The van der Waals surface area contributed by atoms with E-state index in [1.54, 1.807) is 0 Å². The highest BCUT2D eigenvalue weighted by molar-refractivity contribution is 7.99. The Morgan fingerprint density at radius 2 is 1.77 bits per heavy atom. The maximum atomic E-state index is 12.8. The monoisotopic (exact) mass is 367 g/mol. The van der Waals surface area contributed by atoms with E-state index in [1.165, 1.54) is 18.4 Å². The van der Waals surface area contributed by atoms with Crippen LogP contribution in [0.5, 0.6) is 5.75 Å². The molecular formula is C22H25NO2S. The quantitative estimate of drug-likeness (QED) is 0.742. The van der Waals surface area contributed by atoms with Crippen molar-refractivity contribution in [2.45, 2.75) is 37.7 Å². The minimum atomic E-state index is 0.159. The van der Waals surface area contributed by atoms with E-state index in [0.29, 0.717) is 12.5 Å². The van der Waals surface area contributed by atoms with E-state index >= 15 is 0 Å². The van der Waals surface area contributed by atoms with E-state index in [4.69, 9.17) is 4.74 Å². The summed E-state index contributed by atoms with van der Waals surface area (Å²) in [4.78, 5) is 14.9. The molecule has 2 aromatic rings. The van der Waals surface area contributed by atoms with Crippen molar-refractivity contribution in [2.24, 2.45) is 5.92 Å². The average Bonchev–Trinajstić information content (AvgIpc) is 3.39. The Bertz CT molecular complexity index is 726. The topological polar surface area (TPSA) is 29.5 Å². The molecule has 0 N–H and O–H groups in total. The second-order valence-corrected chi connectivity index (χ2v) is 8.27. The first-order chi connectivity index (χ1) is 12.8. The van der Waals surface area contributed by atoms with Crippen LogP contribution in [0.2, 0.25) is 0 Å². The molecule has 0 spiro atoms. The fraction of sp³-hybridized carbons (Fsp3) is 0.409. The van der Waals surface area contributed by atoms with E-state index in [-0.39, 0.29) is 11.3 Å². The minimum absolute atomic E-state index is 0.159. The molecule has 136 valence electrons. The molecule has 1 aliphatic heterocycles. The van der Waals surface area contributed by atoms with Gasteiger partial charge in [0.1, 0.15) is 17.7 Å². The summed E-state index contributed by atoms with van der Waals surface area (Å²) in [6.45, 7) is 1.45. The average molecular weight is 368 g/mol. The first-order valence-electron chi connectivity index (χ1n) is 9.50. The van der Waals surface area contributed by atoms with E-state index < -0.39 is 0 Å². The lowest BCUT2D eigenvalue weighted by atomic mass is 10.1. The summed E-state index contributed by atoms with van der Waals surface area (Å²) in [7, 11) is 0. The second-order valence-electron chi connectivity index (χ2n) is 7.08. The van der Waals surface area contributed by atoms with Crippen LogP contribution in [0.25, 0.3) is 0 Å². The highest BCUT2D eigenvalue weighted by atomic mass is 32.2. The Hall–Kier alpha value is -1.94. The Kier molecular flexibility index (Phi) is 5.49. The van der Waals surface area contributed by atoms with Gasteiger partial charge in [-0.3, -0.25) is 4.79 Å². The molecule has 0 bridgehead atoms. The Balaban J connectivity index is 1.40. The predicted octanol–water partition coefficient (Wildman–Crippen LogP) is 5.03. The van der Waals surface area contributed by atoms with Gasteiger partial charge in [-0.05, 0) is 36.1 Å². The molecule has 1 saturated heterocycles. The van der Waals surface area contributed by atoms with Crippen LogP contribution in [-0.4, -0.2) is 23.1 Å². The van der Waals surface area contributed by atoms with Gasteiger partial charge in [-0.1, -0.05) is 55.3 Å². The minimum Gasteiger partial charge on any atom is -0.489 e. The van der Waals surface area contributed by atoms with Gasteiger partial charge in [-0.2, -0.15) is 0 Å². The summed E-state index contributed by atoms with van der Waals surface area (Å²) >= 11 is 1.87. The normalized spacial score (nSPS) is 20.5. The highest BCUT2D eigenvalue weighted by Gasteiger charge is 2.35. The molecule has 1 saturated carbocycles. The van der Waals surface area contributed by atoms with Crippen molar-refractivity contribution in [1.82, 2.24) is 4.90 Å². The molecular weight excluding hydrogens is 342 g/mol. The number of carbonyl (C=O) groups is 1. The van der Waals surface area contributed by atoms with E-state index in [0.717, 1.165) is 36.5 Å². The van der Waals surface area contributed by atoms with E-state index in [1.807, 2.05) is 42.1 Å². The molecule has 4 heteroatoms. The van der Waals surface area contributed by atoms with Gasteiger partial charge in [-0.25, -0.2) is 0 Å². The molecule has 0 radical (unpaired) electrons. The molecule has 1 heterocycles. The van der Waals surface area contributed by atoms with Crippen molar-refractivity contribution < 1.29 is 9.53 Å². The molecule has 4 rings (SSSR count). The van der Waals surface area contributed by atoms with Crippen molar-refractivity contribution in [3.63, 3.8) is 0 Å². The zero-order valence-electron chi connectivity index (χ0n) is 15.0. The summed E-state index contributed by atoms with van der Waals surface area (Å²) in [5.74, 6) is 2.51. The lowest BCUT2D eigenvalue weighted by molar-refractivity contribution is -0.135. The van der Waals surface area contributed by atoms with Crippen molar-refractivity contribution in [2.75, 3.05) is 12.3 Å². The number of amides is 1. The number of carbonyl (C=O) groups excluding carboxylic acids is 1. The molecule has 26 heavy (non-hydrogen) atoms. The number of ether oxygens (including phenoxy) is 1. The Labute approximate surface area is 159 Å². The first kappa shape index (κ1) is 17.5. The van der Waals surface area contributed by atoms with Crippen molar-refractivity contribution in [3.05, 3.63) is 65.7 Å². The number of benzene rings is 2. The molecule has 2 fully saturated rings. The van der Waals surface area contributed by atoms with Gasteiger partial charge >= 0.3 is 0 Å². The van der Waals surface area contributed by atoms with Gasteiger partial charge in [0, 0.05) is 18.2 Å². The smallest absolute Gasteiger partial charge is 0.226 e. The summed E-state index contributed by atoms with van der Waals surface area (Å²) in [6.07, 6.45) is 4.54. The summed E-state index contributed by atoms with van der Waals surface area (Å²) < 4.78 is 5.88. The van der Waals surface area contributed by atoms with E-state index in [9.17, 15) is 4.79 Å². The van der Waals surface area contributed by atoms with Gasteiger partial charge < -0.3 is 9.64 Å². The summed E-state index contributed by atoms with van der Waals surface area (Å²) in [5.41, 5.74) is 2.36. The number of thioether (sulfide) groups is 1. The summed E-state index contributed by atoms with van der Waals surface area (Å²) in [5, 5.41) is 0.159. The van der Waals surface area contributed by atoms with Crippen molar-refractivity contribution >= 4 is 17.7 Å². The zero-order chi connectivity index (χ0) is 17.8. The molecule has 3 nitrogen and oxygen atoms in total. The fourth-order valence-corrected chi connectivity index (χ4v) is 5.11. The molecule has 0 aromatic heterocycles. The number of hydrogen-bond acceptors (Lipinski definition) is 3. The maximum absolute atomic E-state index is 12.8. The van der Waals surface area contributed by atoms with Gasteiger partial charge in [0.2, 0.25) is 5.91 Å². The lowest BCUT2D eigenvalue weighted by Gasteiger charge is -2.27. The van der Waals surface area contributed by atoms with Gasteiger partial charge in [0.15, 0.2) is 0 Å². The standard InChI is InChI=1S/C22H25NO2S/c24-21(18-8-4-5-9-18)23-14-15-26-22(23)19-10-12-20(13-11-19)25-16-17-6-2-1-3-7-17/h1-3,6-7,10-13,18,22H,4-5,8-9,14-16H2/t22-/m1/s1. The molecule has 2 aromatic carbocycles. The third-order valence-corrected chi connectivity index (χ3v) is 6.55. The maximum Gasteiger partial charge on any atom is 0.226 e. The molecule has 1 amide bonds. The molecule has 2 aliphatic rings. The first-order valence-corrected chi connectivity index (χ1v) is 10.5. The van der Waals surface area contributed by atoms with Crippen LogP contribution < -0.4 is 4.74 Å². The number of hydrogen-bond donors (Lipinski definition) is 0. The van der Waals surface area contributed by atoms with Gasteiger partial charge in [0.05, 0.1) is 0 Å². The van der Waals surface area contributed by atoms with Crippen molar-refractivity contribution in [3.8, 4) is 5.75 Å². The largest absolute Gasteiger partial charge is 0.489 e. The van der Waals surface area contributed by atoms with Crippen LogP contribution in [-0.2, 0) is 11.4 Å². The van der Waals surface area contributed by atoms with Crippen LogP contribution in [0.15, 0.2) is 54.6 Å². The van der Waals surface area contributed by atoms with Crippen LogP contribution >= 0.6 is 11.8 Å². The van der Waals surface area contributed by atoms with Crippen LogP contribution in [0.3, 0.4) is 0 Å².